The van der Waals surface area contributed by atoms with Gasteiger partial charge >= 0.3 is 5.63 Å². The number of rotatable bonds is 2. The van der Waals surface area contributed by atoms with E-state index in [0.29, 0.717) is 21.7 Å². The van der Waals surface area contributed by atoms with Crippen LogP contribution in [0.25, 0.3) is 11.0 Å². The first kappa shape index (κ1) is 10.8. The lowest BCUT2D eigenvalue weighted by Crippen LogP contribution is -2.06. The standard InChI is InChI=1S/C11H9ClO4/c1-14-9-7-5-6(12)3-4-8(7)16-11(13)10(9)15-2/h3-5H,1-2H3. The molecule has 0 atom stereocenters. The monoisotopic (exact) mass is 240 g/mol. The highest BCUT2D eigenvalue weighted by Gasteiger charge is 2.15. The van der Waals surface area contributed by atoms with Gasteiger partial charge in [0.1, 0.15) is 5.58 Å². The number of hydrogen-bond acceptors (Lipinski definition) is 4. The van der Waals surface area contributed by atoms with Crippen LogP contribution in [-0.2, 0) is 0 Å². The van der Waals surface area contributed by atoms with E-state index in [0.717, 1.165) is 0 Å². The Morgan fingerprint density at radius 1 is 1.19 bits per heavy atom. The third kappa shape index (κ3) is 1.61. The second-order valence-corrected chi connectivity index (χ2v) is 3.53. The van der Waals surface area contributed by atoms with Crippen LogP contribution in [0.1, 0.15) is 0 Å². The van der Waals surface area contributed by atoms with Crippen LogP contribution >= 0.6 is 11.6 Å². The van der Waals surface area contributed by atoms with Gasteiger partial charge in [0, 0.05) is 5.02 Å². The van der Waals surface area contributed by atoms with Gasteiger partial charge in [-0.1, -0.05) is 11.6 Å². The first-order chi connectivity index (χ1) is 7.67. The maximum Gasteiger partial charge on any atom is 0.383 e. The molecule has 1 aromatic heterocycles. The van der Waals surface area contributed by atoms with Gasteiger partial charge in [-0.15, -0.1) is 0 Å². The fraction of sp³-hybridized carbons (Fsp3) is 0.182. The number of benzene rings is 1. The molecule has 0 N–H and O–H groups in total. The van der Waals surface area contributed by atoms with Gasteiger partial charge in [0.05, 0.1) is 19.6 Å². The highest BCUT2D eigenvalue weighted by Crippen LogP contribution is 2.33. The molecule has 1 heterocycles. The molecule has 1 aromatic carbocycles. The maximum atomic E-state index is 11.5. The van der Waals surface area contributed by atoms with E-state index in [2.05, 4.69) is 0 Å². The molecule has 0 aliphatic rings. The van der Waals surface area contributed by atoms with Crippen molar-refractivity contribution in [3.63, 3.8) is 0 Å². The Morgan fingerprint density at radius 3 is 2.50 bits per heavy atom. The van der Waals surface area contributed by atoms with Crippen molar-refractivity contribution in [3.05, 3.63) is 33.6 Å². The lowest BCUT2D eigenvalue weighted by molar-refractivity contribution is 0.338. The van der Waals surface area contributed by atoms with Crippen molar-refractivity contribution in [2.45, 2.75) is 0 Å². The molecule has 0 bridgehead atoms. The van der Waals surface area contributed by atoms with E-state index in [4.69, 9.17) is 25.5 Å². The third-order valence-electron chi connectivity index (χ3n) is 2.19. The fourth-order valence-corrected chi connectivity index (χ4v) is 1.68. The predicted molar refractivity (Wildman–Crippen MR) is 60.6 cm³/mol. The molecule has 0 fully saturated rings. The van der Waals surface area contributed by atoms with E-state index in [1.54, 1.807) is 18.2 Å². The molecule has 5 heteroatoms. The normalized spacial score (nSPS) is 10.4. The van der Waals surface area contributed by atoms with E-state index < -0.39 is 5.63 Å². The van der Waals surface area contributed by atoms with Gasteiger partial charge in [-0.2, -0.15) is 0 Å². The number of hydrogen-bond donors (Lipinski definition) is 0. The second-order valence-electron chi connectivity index (χ2n) is 3.10. The molecule has 2 aromatic rings. The van der Waals surface area contributed by atoms with Crippen molar-refractivity contribution in [2.75, 3.05) is 14.2 Å². The van der Waals surface area contributed by atoms with Crippen LogP contribution in [0.15, 0.2) is 27.4 Å². The van der Waals surface area contributed by atoms with Crippen LogP contribution in [0.5, 0.6) is 11.5 Å². The fourth-order valence-electron chi connectivity index (χ4n) is 1.51. The van der Waals surface area contributed by atoms with Crippen molar-refractivity contribution >= 4 is 22.6 Å². The number of methoxy groups -OCH3 is 2. The van der Waals surface area contributed by atoms with Crippen LogP contribution in [-0.4, -0.2) is 14.2 Å². The SMILES string of the molecule is COc1c(OC)c2cc(Cl)ccc2oc1=O. The summed E-state index contributed by atoms with van der Waals surface area (Å²) in [7, 11) is 2.84. The van der Waals surface area contributed by atoms with Crippen molar-refractivity contribution in [1.82, 2.24) is 0 Å². The van der Waals surface area contributed by atoms with Crippen LogP contribution in [0, 0.1) is 0 Å². The third-order valence-corrected chi connectivity index (χ3v) is 2.42. The van der Waals surface area contributed by atoms with Gasteiger partial charge in [-0.05, 0) is 18.2 Å². The minimum Gasteiger partial charge on any atom is -0.492 e. The lowest BCUT2D eigenvalue weighted by Gasteiger charge is -2.08. The largest absolute Gasteiger partial charge is 0.492 e. The van der Waals surface area contributed by atoms with Gasteiger partial charge in [0.25, 0.3) is 0 Å². The van der Waals surface area contributed by atoms with Gasteiger partial charge in [0.2, 0.25) is 5.75 Å². The molecule has 0 spiro atoms. The van der Waals surface area contributed by atoms with Crippen molar-refractivity contribution < 1.29 is 13.9 Å². The summed E-state index contributed by atoms with van der Waals surface area (Å²) in [6.07, 6.45) is 0. The molecule has 16 heavy (non-hydrogen) atoms. The Kier molecular flexibility index (Phi) is 2.75. The van der Waals surface area contributed by atoms with E-state index in [1.165, 1.54) is 14.2 Å². The Hall–Kier alpha value is -1.68. The molecule has 0 unspecified atom stereocenters. The summed E-state index contributed by atoms with van der Waals surface area (Å²) >= 11 is 5.87. The summed E-state index contributed by atoms with van der Waals surface area (Å²) in [4.78, 5) is 11.5. The average Bonchev–Trinajstić information content (AvgIpc) is 2.28. The minimum atomic E-state index is -0.575. The smallest absolute Gasteiger partial charge is 0.383 e. The zero-order valence-corrected chi connectivity index (χ0v) is 9.50. The van der Waals surface area contributed by atoms with Crippen molar-refractivity contribution in [2.24, 2.45) is 0 Å². The maximum absolute atomic E-state index is 11.5. The number of ether oxygens (including phenoxy) is 2. The highest BCUT2D eigenvalue weighted by atomic mass is 35.5. The topological polar surface area (TPSA) is 48.7 Å². The molecule has 2 rings (SSSR count). The molecule has 0 aliphatic heterocycles. The summed E-state index contributed by atoms with van der Waals surface area (Å²) in [6.45, 7) is 0. The summed E-state index contributed by atoms with van der Waals surface area (Å²) in [5, 5.41) is 1.13. The Bertz CT molecular complexity index is 588. The van der Waals surface area contributed by atoms with Crippen molar-refractivity contribution in [1.29, 1.82) is 0 Å². The van der Waals surface area contributed by atoms with E-state index >= 15 is 0 Å². The molecule has 4 nitrogen and oxygen atoms in total. The summed E-state index contributed by atoms with van der Waals surface area (Å²) in [6, 6.07) is 4.90. The molecular weight excluding hydrogens is 232 g/mol. The molecule has 0 radical (unpaired) electrons. The number of halogens is 1. The van der Waals surface area contributed by atoms with Gasteiger partial charge in [0.15, 0.2) is 5.75 Å². The van der Waals surface area contributed by atoms with E-state index in [1.807, 2.05) is 0 Å². The van der Waals surface area contributed by atoms with Gasteiger partial charge in [-0.3, -0.25) is 0 Å². The van der Waals surface area contributed by atoms with Crippen LogP contribution in [0.4, 0.5) is 0 Å². The Balaban J connectivity index is 2.92. The summed E-state index contributed by atoms with van der Waals surface area (Å²) in [5.41, 5.74) is -0.166. The first-order valence-corrected chi connectivity index (χ1v) is 4.89. The quantitative estimate of drug-likeness (QED) is 0.757. The summed E-state index contributed by atoms with van der Waals surface area (Å²) < 4.78 is 15.1. The Morgan fingerprint density at radius 2 is 1.88 bits per heavy atom. The minimum absolute atomic E-state index is 0.0391. The molecular formula is C11H9ClO4. The van der Waals surface area contributed by atoms with E-state index in [-0.39, 0.29) is 5.75 Å². The molecule has 0 amide bonds. The highest BCUT2D eigenvalue weighted by molar-refractivity contribution is 6.31. The second kappa shape index (κ2) is 4.06. The average molecular weight is 241 g/mol. The molecule has 0 aliphatic carbocycles. The van der Waals surface area contributed by atoms with E-state index in [9.17, 15) is 4.79 Å². The van der Waals surface area contributed by atoms with Gasteiger partial charge in [-0.25, -0.2) is 4.79 Å². The predicted octanol–water partition coefficient (Wildman–Crippen LogP) is 2.46. The zero-order valence-electron chi connectivity index (χ0n) is 8.74. The Labute approximate surface area is 96.3 Å². The molecule has 0 saturated carbocycles. The first-order valence-electron chi connectivity index (χ1n) is 4.51. The summed E-state index contributed by atoms with van der Waals surface area (Å²) in [5.74, 6) is 0.369. The van der Waals surface area contributed by atoms with Crippen molar-refractivity contribution in [3.8, 4) is 11.5 Å². The van der Waals surface area contributed by atoms with Gasteiger partial charge < -0.3 is 13.9 Å². The molecule has 84 valence electrons. The lowest BCUT2D eigenvalue weighted by atomic mass is 10.2. The zero-order chi connectivity index (χ0) is 11.7. The molecule has 0 saturated heterocycles. The number of fused-ring (bicyclic) bond motifs is 1. The van der Waals surface area contributed by atoms with Crippen LogP contribution in [0.2, 0.25) is 5.02 Å². The van der Waals surface area contributed by atoms with Crippen LogP contribution < -0.4 is 15.1 Å². The van der Waals surface area contributed by atoms with Crippen LogP contribution in [0.3, 0.4) is 0 Å².